The molecule has 0 bridgehead atoms. The van der Waals surface area contributed by atoms with Crippen LogP contribution in [0.3, 0.4) is 0 Å². The van der Waals surface area contributed by atoms with Gasteiger partial charge >= 0.3 is 5.97 Å². The quantitative estimate of drug-likeness (QED) is 0.851. The van der Waals surface area contributed by atoms with E-state index in [2.05, 4.69) is 4.90 Å². The maximum Gasteiger partial charge on any atom is 0.341 e. The summed E-state index contributed by atoms with van der Waals surface area (Å²) >= 11 is 0. The first kappa shape index (κ1) is 13.6. The molecule has 2 heterocycles. The van der Waals surface area contributed by atoms with E-state index in [1.165, 1.54) is 7.11 Å². The largest absolute Gasteiger partial charge is 0.465 e. The molecule has 2 fully saturated rings. The molecule has 0 spiro atoms. The molecule has 0 radical (unpaired) electrons. The number of furan rings is 1. The van der Waals surface area contributed by atoms with Gasteiger partial charge in [-0.25, -0.2) is 4.79 Å². The zero-order valence-electron chi connectivity index (χ0n) is 12.0. The van der Waals surface area contributed by atoms with Gasteiger partial charge in [-0.1, -0.05) is 0 Å². The van der Waals surface area contributed by atoms with Crippen molar-refractivity contribution in [1.82, 2.24) is 4.90 Å². The van der Waals surface area contributed by atoms with Gasteiger partial charge in [-0.3, -0.25) is 4.90 Å². The van der Waals surface area contributed by atoms with Gasteiger partial charge in [0.2, 0.25) is 0 Å². The molecule has 1 saturated heterocycles. The zero-order chi connectivity index (χ0) is 14.3. The molecule has 1 N–H and O–H groups in total. The van der Waals surface area contributed by atoms with Gasteiger partial charge in [0.1, 0.15) is 17.1 Å². The van der Waals surface area contributed by atoms with E-state index in [0.717, 1.165) is 31.7 Å². The molecule has 3 unspecified atom stereocenters. The van der Waals surface area contributed by atoms with E-state index in [1.54, 1.807) is 13.0 Å². The lowest BCUT2D eigenvalue weighted by Crippen LogP contribution is -2.24. The second-order valence-electron chi connectivity index (χ2n) is 5.94. The Morgan fingerprint density at radius 1 is 1.50 bits per heavy atom. The van der Waals surface area contributed by atoms with Crippen molar-refractivity contribution in [2.24, 2.45) is 11.8 Å². The fourth-order valence-electron chi connectivity index (χ4n) is 3.61. The number of likely N-dealkylation sites (tertiary alicyclic amines) is 1. The van der Waals surface area contributed by atoms with Crippen LogP contribution >= 0.6 is 0 Å². The lowest BCUT2D eigenvalue weighted by molar-refractivity contribution is 0.0599. The Labute approximate surface area is 118 Å². The number of aryl methyl sites for hydroxylation is 1. The summed E-state index contributed by atoms with van der Waals surface area (Å²) in [5.41, 5.74) is 0.502. The predicted molar refractivity (Wildman–Crippen MR) is 72.3 cm³/mol. The summed E-state index contributed by atoms with van der Waals surface area (Å²) in [4.78, 5) is 13.9. The normalized spacial score (nSPS) is 29.6. The Hall–Kier alpha value is -1.33. The molecule has 0 amide bonds. The highest BCUT2D eigenvalue weighted by molar-refractivity contribution is 5.90. The van der Waals surface area contributed by atoms with Crippen LogP contribution in [-0.4, -0.2) is 42.3 Å². The number of aliphatic hydroxyl groups excluding tert-OH is 1. The van der Waals surface area contributed by atoms with Crippen molar-refractivity contribution < 1.29 is 19.1 Å². The number of methoxy groups -OCH3 is 1. The maximum absolute atomic E-state index is 11.6. The Morgan fingerprint density at radius 2 is 2.30 bits per heavy atom. The second-order valence-corrected chi connectivity index (χ2v) is 5.94. The third-order valence-corrected chi connectivity index (χ3v) is 4.65. The van der Waals surface area contributed by atoms with Gasteiger partial charge in [-0.05, 0) is 31.7 Å². The van der Waals surface area contributed by atoms with Gasteiger partial charge < -0.3 is 14.3 Å². The van der Waals surface area contributed by atoms with Crippen LogP contribution in [0.25, 0.3) is 0 Å². The minimum absolute atomic E-state index is 0.144. The predicted octanol–water partition coefficient (Wildman–Crippen LogP) is 1.58. The molecule has 110 valence electrons. The molecule has 5 heteroatoms. The summed E-state index contributed by atoms with van der Waals surface area (Å²) < 4.78 is 10.4. The van der Waals surface area contributed by atoms with E-state index in [4.69, 9.17) is 9.15 Å². The number of hydrogen-bond acceptors (Lipinski definition) is 5. The summed E-state index contributed by atoms with van der Waals surface area (Å²) in [6, 6.07) is 1.77. The average molecular weight is 279 g/mol. The first-order chi connectivity index (χ1) is 9.58. The summed E-state index contributed by atoms with van der Waals surface area (Å²) in [7, 11) is 1.37. The molecule has 2 aliphatic rings. The highest BCUT2D eigenvalue weighted by Gasteiger charge is 2.41. The van der Waals surface area contributed by atoms with E-state index in [1.807, 2.05) is 0 Å². The van der Waals surface area contributed by atoms with Crippen LogP contribution in [0.4, 0.5) is 0 Å². The molecule has 20 heavy (non-hydrogen) atoms. The van der Waals surface area contributed by atoms with Gasteiger partial charge in [-0.2, -0.15) is 0 Å². The lowest BCUT2D eigenvalue weighted by atomic mass is 10.00. The van der Waals surface area contributed by atoms with Crippen LogP contribution in [0.2, 0.25) is 0 Å². The fourth-order valence-corrected chi connectivity index (χ4v) is 3.61. The minimum atomic E-state index is -0.355. The topological polar surface area (TPSA) is 62.9 Å². The second kappa shape index (κ2) is 5.22. The molecule has 3 atom stereocenters. The van der Waals surface area contributed by atoms with Gasteiger partial charge in [0.05, 0.1) is 19.8 Å². The highest BCUT2D eigenvalue weighted by atomic mass is 16.5. The molecule has 1 aliphatic carbocycles. The summed E-state index contributed by atoms with van der Waals surface area (Å²) in [6.45, 7) is 4.39. The maximum atomic E-state index is 11.6. The van der Waals surface area contributed by atoms with Crippen molar-refractivity contribution in [1.29, 1.82) is 0 Å². The van der Waals surface area contributed by atoms with E-state index < -0.39 is 0 Å². The highest BCUT2D eigenvalue weighted by Crippen LogP contribution is 2.38. The van der Waals surface area contributed by atoms with Crippen LogP contribution in [-0.2, 0) is 11.3 Å². The molecule has 1 aromatic heterocycles. The average Bonchev–Trinajstić information content (AvgIpc) is 3.07. The van der Waals surface area contributed by atoms with Crippen LogP contribution in [0.5, 0.6) is 0 Å². The number of ether oxygens (including phenoxy) is 1. The van der Waals surface area contributed by atoms with Crippen LogP contribution < -0.4 is 0 Å². The molecule has 1 aromatic rings. The Balaban J connectivity index is 1.66. The number of nitrogens with zero attached hydrogens (tertiary/aromatic N) is 1. The third kappa shape index (κ3) is 2.36. The number of rotatable bonds is 3. The van der Waals surface area contributed by atoms with Crippen molar-refractivity contribution in [3.8, 4) is 0 Å². The molecule has 0 aromatic carbocycles. The summed E-state index contributed by atoms with van der Waals surface area (Å²) in [5.74, 6) is 2.06. The zero-order valence-corrected chi connectivity index (χ0v) is 12.0. The van der Waals surface area contributed by atoms with Crippen LogP contribution in [0.1, 0.15) is 34.7 Å². The standard InChI is InChI=1S/C15H21NO4/c1-9-12(15(18)19-2)5-11(20-9)7-16-6-10-3-4-14(17)13(10)8-16/h5,10,13-14,17H,3-4,6-8H2,1-2H3. The summed E-state index contributed by atoms with van der Waals surface area (Å²) in [6.07, 6.45) is 1.91. The number of hydrogen-bond donors (Lipinski definition) is 1. The SMILES string of the molecule is COC(=O)c1cc(CN2CC3CCC(O)C3C2)oc1C. The van der Waals surface area contributed by atoms with E-state index in [9.17, 15) is 9.90 Å². The smallest absolute Gasteiger partial charge is 0.341 e. The number of fused-ring (bicyclic) bond motifs is 1. The van der Waals surface area contributed by atoms with Gasteiger partial charge in [-0.15, -0.1) is 0 Å². The fraction of sp³-hybridized carbons (Fsp3) is 0.667. The van der Waals surface area contributed by atoms with Crippen molar-refractivity contribution in [2.75, 3.05) is 20.2 Å². The van der Waals surface area contributed by atoms with Gasteiger partial charge in [0.15, 0.2) is 0 Å². The first-order valence-electron chi connectivity index (χ1n) is 7.16. The van der Waals surface area contributed by atoms with Crippen molar-refractivity contribution in [3.63, 3.8) is 0 Å². The van der Waals surface area contributed by atoms with Crippen LogP contribution in [0, 0.1) is 18.8 Å². The van der Waals surface area contributed by atoms with Gasteiger partial charge in [0.25, 0.3) is 0 Å². The van der Waals surface area contributed by atoms with Gasteiger partial charge in [0, 0.05) is 19.0 Å². The van der Waals surface area contributed by atoms with E-state index >= 15 is 0 Å². The summed E-state index contributed by atoms with van der Waals surface area (Å²) in [5, 5.41) is 9.92. The van der Waals surface area contributed by atoms with Crippen molar-refractivity contribution in [3.05, 3.63) is 23.2 Å². The monoisotopic (exact) mass is 279 g/mol. The molecule has 5 nitrogen and oxygen atoms in total. The third-order valence-electron chi connectivity index (χ3n) is 4.65. The van der Waals surface area contributed by atoms with E-state index in [0.29, 0.717) is 29.7 Å². The molecule has 1 aliphatic heterocycles. The number of carbonyl (C=O) groups excluding carboxylic acids is 1. The Morgan fingerprint density at radius 3 is 3.00 bits per heavy atom. The van der Waals surface area contributed by atoms with Crippen LogP contribution in [0.15, 0.2) is 10.5 Å². The first-order valence-corrected chi connectivity index (χ1v) is 7.16. The minimum Gasteiger partial charge on any atom is -0.465 e. The molecule has 1 saturated carbocycles. The Kier molecular flexibility index (Phi) is 3.56. The molecular formula is C15H21NO4. The van der Waals surface area contributed by atoms with Crippen molar-refractivity contribution in [2.45, 2.75) is 32.4 Å². The number of aliphatic hydroxyl groups is 1. The number of esters is 1. The number of carbonyl (C=O) groups is 1. The van der Waals surface area contributed by atoms with Crippen molar-refractivity contribution >= 4 is 5.97 Å². The molecular weight excluding hydrogens is 258 g/mol. The molecule has 3 rings (SSSR count). The van der Waals surface area contributed by atoms with E-state index in [-0.39, 0.29) is 12.1 Å². The Bertz CT molecular complexity index is 510. The lowest BCUT2D eigenvalue weighted by Gasteiger charge is -2.16.